The van der Waals surface area contributed by atoms with E-state index in [4.69, 9.17) is 5.11 Å². The lowest BCUT2D eigenvalue weighted by molar-refractivity contribution is -0.132. The zero-order valence-corrected chi connectivity index (χ0v) is 12.1. The van der Waals surface area contributed by atoms with Crippen LogP contribution in [0.4, 0.5) is 0 Å². The average molecular weight is 286 g/mol. The summed E-state index contributed by atoms with van der Waals surface area (Å²) in [5.74, 6) is -0.276. The molecule has 0 bridgehead atoms. The van der Waals surface area contributed by atoms with Gasteiger partial charge in [0.2, 0.25) is 5.91 Å². The minimum atomic E-state index is -1.15. The Morgan fingerprint density at radius 2 is 2.26 bits per heavy atom. The number of carboxylic acids is 1. The molecule has 0 radical (unpaired) electrons. The maximum absolute atomic E-state index is 12.0. The van der Waals surface area contributed by atoms with Crippen molar-refractivity contribution in [3.63, 3.8) is 0 Å². The summed E-state index contributed by atoms with van der Waals surface area (Å²) in [6.07, 6.45) is 4.19. The lowest BCUT2D eigenvalue weighted by Gasteiger charge is -2.24. The van der Waals surface area contributed by atoms with Gasteiger partial charge in [-0.25, -0.2) is 9.48 Å². The van der Waals surface area contributed by atoms with E-state index in [1.54, 1.807) is 23.7 Å². The summed E-state index contributed by atoms with van der Waals surface area (Å²) < 4.78 is 1.24. The maximum atomic E-state index is 12.0. The van der Waals surface area contributed by atoms with E-state index in [2.05, 4.69) is 10.3 Å². The molecule has 1 N–H and O–H groups in total. The van der Waals surface area contributed by atoms with Gasteiger partial charge in [0, 0.05) is 13.1 Å². The quantitative estimate of drug-likeness (QED) is 0.788. The summed E-state index contributed by atoms with van der Waals surface area (Å²) in [7, 11) is 1.74. The van der Waals surface area contributed by atoms with Gasteiger partial charge in [-0.1, -0.05) is 5.21 Å². The van der Waals surface area contributed by atoms with Crippen molar-refractivity contribution in [2.45, 2.75) is 25.9 Å². The normalized spacial score (nSPS) is 12.2. The van der Waals surface area contributed by atoms with Crippen LogP contribution in [0.1, 0.15) is 23.8 Å². The Labute approximate surface area is 116 Å². The van der Waals surface area contributed by atoms with Crippen LogP contribution < -0.4 is 0 Å². The first-order valence-corrected chi connectivity index (χ1v) is 7.23. The minimum absolute atomic E-state index is 0.000385. The molecule has 106 valence electrons. The summed E-state index contributed by atoms with van der Waals surface area (Å²) in [4.78, 5) is 24.3. The van der Waals surface area contributed by atoms with E-state index in [-0.39, 0.29) is 24.2 Å². The molecule has 8 heteroatoms. The molecular weight excluding hydrogens is 268 g/mol. The van der Waals surface area contributed by atoms with Crippen LogP contribution in [0.3, 0.4) is 0 Å². The van der Waals surface area contributed by atoms with Crippen molar-refractivity contribution in [3.05, 3.63) is 11.9 Å². The van der Waals surface area contributed by atoms with Gasteiger partial charge in [-0.2, -0.15) is 11.8 Å². The molecule has 0 aliphatic heterocycles. The molecule has 0 fully saturated rings. The molecule has 7 nitrogen and oxygen atoms in total. The van der Waals surface area contributed by atoms with Gasteiger partial charge < -0.3 is 10.0 Å². The minimum Gasteiger partial charge on any atom is -0.476 e. The van der Waals surface area contributed by atoms with Gasteiger partial charge in [0.05, 0.1) is 6.20 Å². The number of carboxylic acid groups (broad SMARTS) is 1. The van der Waals surface area contributed by atoms with Crippen LogP contribution in [-0.4, -0.2) is 62.0 Å². The SMILES string of the molecule is CSCCC(C)N(C)C(=O)Cn1cc(C(=O)O)nn1. The zero-order valence-electron chi connectivity index (χ0n) is 11.2. The van der Waals surface area contributed by atoms with Crippen molar-refractivity contribution >= 4 is 23.6 Å². The van der Waals surface area contributed by atoms with Gasteiger partial charge in [0.1, 0.15) is 6.54 Å². The molecule has 0 aliphatic carbocycles. The van der Waals surface area contributed by atoms with Crippen LogP contribution in [0.2, 0.25) is 0 Å². The monoisotopic (exact) mass is 286 g/mol. The Balaban J connectivity index is 2.55. The number of amides is 1. The standard InChI is InChI=1S/C11H18N4O3S/c1-8(4-5-19-3)14(2)10(16)7-15-6-9(11(17)18)12-13-15/h6,8H,4-5,7H2,1-3H3,(H,17,18). The van der Waals surface area contributed by atoms with Crippen LogP contribution in [0.5, 0.6) is 0 Å². The van der Waals surface area contributed by atoms with E-state index >= 15 is 0 Å². The number of hydrogen-bond donors (Lipinski definition) is 1. The largest absolute Gasteiger partial charge is 0.476 e. The third kappa shape index (κ3) is 4.55. The first-order chi connectivity index (χ1) is 8.95. The van der Waals surface area contributed by atoms with E-state index in [0.717, 1.165) is 12.2 Å². The van der Waals surface area contributed by atoms with Crippen LogP contribution in [-0.2, 0) is 11.3 Å². The fourth-order valence-electron chi connectivity index (χ4n) is 1.45. The second kappa shape index (κ2) is 7.13. The lowest BCUT2D eigenvalue weighted by atomic mass is 10.2. The van der Waals surface area contributed by atoms with E-state index in [9.17, 15) is 9.59 Å². The molecule has 0 saturated heterocycles. The number of aromatic nitrogens is 3. The molecule has 1 amide bonds. The Morgan fingerprint density at radius 3 is 2.79 bits per heavy atom. The fraction of sp³-hybridized carbons (Fsp3) is 0.636. The maximum Gasteiger partial charge on any atom is 0.358 e. The Morgan fingerprint density at radius 1 is 1.58 bits per heavy atom. The number of nitrogens with zero attached hydrogens (tertiary/aromatic N) is 4. The number of aromatic carboxylic acids is 1. The molecule has 1 atom stereocenters. The van der Waals surface area contributed by atoms with Gasteiger partial charge in [0.25, 0.3) is 0 Å². The van der Waals surface area contributed by atoms with Gasteiger partial charge in [0.15, 0.2) is 5.69 Å². The molecule has 19 heavy (non-hydrogen) atoms. The molecule has 0 saturated carbocycles. The highest BCUT2D eigenvalue weighted by molar-refractivity contribution is 7.98. The molecule has 0 aromatic carbocycles. The zero-order chi connectivity index (χ0) is 14.4. The molecule has 1 heterocycles. The number of carbonyl (C=O) groups excluding carboxylic acids is 1. The average Bonchev–Trinajstić information content (AvgIpc) is 2.83. The fourth-order valence-corrected chi connectivity index (χ4v) is 2.03. The lowest BCUT2D eigenvalue weighted by Crippen LogP contribution is -2.37. The van der Waals surface area contributed by atoms with E-state index in [1.165, 1.54) is 10.9 Å². The Hall–Kier alpha value is -1.57. The Bertz CT molecular complexity index is 449. The van der Waals surface area contributed by atoms with Gasteiger partial charge in [-0.15, -0.1) is 5.10 Å². The van der Waals surface area contributed by atoms with Crippen molar-refractivity contribution in [3.8, 4) is 0 Å². The topological polar surface area (TPSA) is 88.3 Å². The first kappa shape index (κ1) is 15.5. The van der Waals surface area contributed by atoms with Crippen LogP contribution >= 0.6 is 11.8 Å². The van der Waals surface area contributed by atoms with E-state index in [1.807, 2.05) is 13.2 Å². The summed E-state index contributed by atoms with van der Waals surface area (Å²) in [6.45, 7) is 1.98. The van der Waals surface area contributed by atoms with Crippen LogP contribution in [0, 0.1) is 0 Å². The number of rotatable bonds is 7. The van der Waals surface area contributed by atoms with Crippen molar-refractivity contribution in [2.24, 2.45) is 0 Å². The predicted molar refractivity (Wildman–Crippen MR) is 72.2 cm³/mol. The highest BCUT2D eigenvalue weighted by Crippen LogP contribution is 2.07. The van der Waals surface area contributed by atoms with E-state index < -0.39 is 5.97 Å². The molecule has 1 aromatic rings. The highest BCUT2D eigenvalue weighted by Gasteiger charge is 2.17. The highest BCUT2D eigenvalue weighted by atomic mass is 32.2. The van der Waals surface area contributed by atoms with Gasteiger partial charge in [-0.3, -0.25) is 4.79 Å². The smallest absolute Gasteiger partial charge is 0.358 e. The molecule has 0 spiro atoms. The van der Waals surface area contributed by atoms with Crippen molar-refractivity contribution in [2.75, 3.05) is 19.1 Å². The number of thioether (sulfide) groups is 1. The van der Waals surface area contributed by atoms with Crippen LogP contribution in [0.25, 0.3) is 0 Å². The summed E-state index contributed by atoms with van der Waals surface area (Å²) in [5, 5.41) is 15.8. The third-order valence-electron chi connectivity index (χ3n) is 2.85. The third-order valence-corrected chi connectivity index (χ3v) is 3.49. The summed E-state index contributed by atoms with van der Waals surface area (Å²) in [6, 6.07) is 0.141. The number of hydrogen-bond acceptors (Lipinski definition) is 5. The number of likely N-dealkylation sites (N-methyl/N-ethyl adjacent to an activating group) is 1. The summed E-state index contributed by atoms with van der Waals surface area (Å²) >= 11 is 1.74. The van der Waals surface area contributed by atoms with Gasteiger partial charge >= 0.3 is 5.97 Å². The molecule has 0 aliphatic rings. The Kier molecular flexibility index (Phi) is 5.81. The molecule has 1 rings (SSSR count). The van der Waals surface area contributed by atoms with E-state index in [0.29, 0.717) is 0 Å². The van der Waals surface area contributed by atoms with Crippen molar-refractivity contribution in [1.29, 1.82) is 0 Å². The molecule has 1 aromatic heterocycles. The van der Waals surface area contributed by atoms with Crippen molar-refractivity contribution < 1.29 is 14.7 Å². The summed E-state index contributed by atoms with van der Waals surface area (Å²) in [5.41, 5.74) is -0.161. The molecular formula is C11H18N4O3S. The molecule has 1 unspecified atom stereocenters. The number of carbonyl (C=O) groups is 2. The predicted octanol–water partition coefficient (Wildman–Crippen LogP) is 0.576. The second-order valence-electron chi connectivity index (χ2n) is 4.24. The van der Waals surface area contributed by atoms with Crippen LogP contribution in [0.15, 0.2) is 6.20 Å². The first-order valence-electron chi connectivity index (χ1n) is 5.83. The van der Waals surface area contributed by atoms with Crippen molar-refractivity contribution in [1.82, 2.24) is 19.9 Å². The van der Waals surface area contributed by atoms with Gasteiger partial charge in [-0.05, 0) is 25.4 Å². The second-order valence-corrected chi connectivity index (χ2v) is 5.23.